The van der Waals surface area contributed by atoms with Crippen LogP contribution in [0.25, 0.3) is 0 Å². The van der Waals surface area contributed by atoms with Crippen molar-refractivity contribution in [2.24, 2.45) is 0 Å². The highest BCUT2D eigenvalue weighted by Crippen LogP contribution is 2.26. The van der Waals surface area contributed by atoms with E-state index in [4.69, 9.17) is 5.73 Å². The maximum atomic E-state index is 11.7. The van der Waals surface area contributed by atoms with Crippen molar-refractivity contribution in [3.05, 3.63) is 16.5 Å². The van der Waals surface area contributed by atoms with Gasteiger partial charge in [0.15, 0.2) is 0 Å². The van der Waals surface area contributed by atoms with Gasteiger partial charge in [0.2, 0.25) is 0 Å². The van der Waals surface area contributed by atoms with Crippen LogP contribution in [0.4, 0.5) is 5.00 Å². The van der Waals surface area contributed by atoms with Crippen LogP contribution >= 0.6 is 11.3 Å². The number of carbonyl (C=O) groups excluding carboxylic acids is 1. The fraction of sp³-hybridized carbons (Fsp3) is 0.615. The van der Waals surface area contributed by atoms with E-state index in [0.29, 0.717) is 17.1 Å². The first kappa shape index (κ1) is 14.0. The molecule has 3 nitrogen and oxygen atoms in total. The van der Waals surface area contributed by atoms with Crippen LogP contribution < -0.4 is 11.1 Å². The second-order valence-electron chi connectivity index (χ2n) is 4.16. The van der Waals surface area contributed by atoms with Gasteiger partial charge in [-0.25, -0.2) is 0 Å². The Bertz CT molecular complexity index is 360. The summed E-state index contributed by atoms with van der Waals surface area (Å²) in [7, 11) is 0. The summed E-state index contributed by atoms with van der Waals surface area (Å²) in [6, 6.07) is 1.94. The van der Waals surface area contributed by atoms with Gasteiger partial charge in [-0.2, -0.15) is 0 Å². The van der Waals surface area contributed by atoms with Gasteiger partial charge < -0.3 is 11.1 Å². The quantitative estimate of drug-likeness (QED) is 0.734. The summed E-state index contributed by atoms with van der Waals surface area (Å²) in [5.74, 6) is -0.0546. The van der Waals surface area contributed by atoms with Crippen molar-refractivity contribution >= 4 is 22.2 Å². The number of nitrogens with one attached hydrogen (secondary N) is 1. The summed E-state index contributed by atoms with van der Waals surface area (Å²) in [5.41, 5.74) is 6.50. The van der Waals surface area contributed by atoms with E-state index in [2.05, 4.69) is 12.2 Å². The van der Waals surface area contributed by atoms with Gasteiger partial charge in [0.1, 0.15) is 0 Å². The summed E-state index contributed by atoms with van der Waals surface area (Å²) in [6.45, 7) is 4.75. The number of hydrogen-bond acceptors (Lipinski definition) is 3. The lowest BCUT2D eigenvalue weighted by atomic mass is 10.1. The van der Waals surface area contributed by atoms with E-state index in [1.807, 2.05) is 13.0 Å². The number of nitrogens with two attached hydrogens (primary N) is 1. The summed E-state index contributed by atoms with van der Waals surface area (Å²) < 4.78 is 0. The number of anilines is 1. The molecule has 0 atom stereocenters. The summed E-state index contributed by atoms with van der Waals surface area (Å²) >= 11 is 1.54. The third kappa shape index (κ3) is 4.38. The van der Waals surface area contributed by atoms with Crippen LogP contribution in [0.1, 0.15) is 54.8 Å². The number of nitrogen functional groups attached to an aromatic ring is 1. The van der Waals surface area contributed by atoms with Crippen molar-refractivity contribution in [3.63, 3.8) is 0 Å². The van der Waals surface area contributed by atoms with Crippen molar-refractivity contribution in [1.82, 2.24) is 5.32 Å². The molecule has 3 N–H and O–H groups in total. The topological polar surface area (TPSA) is 55.1 Å². The molecule has 1 amide bonds. The number of amides is 1. The monoisotopic (exact) mass is 254 g/mol. The predicted octanol–water partition coefficient (Wildman–Crippen LogP) is 3.20. The largest absolute Gasteiger partial charge is 0.390 e. The Morgan fingerprint density at radius 2 is 2.12 bits per heavy atom. The second kappa shape index (κ2) is 7.33. The van der Waals surface area contributed by atoms with Crippen LogP contribution in [0.2, 0.25) is 0 Å². The maximum Gasteiger partial charge on any atom is 0.254 e. The van der Waals surface area contributed by atoms with E-state index in [1.54, 1.807) is 11.3 Å². The zero-order valence-corrected chi connectivity index (χ0v) is 11.5. The Hall–Kier alpha value is -1.03. The minimum absolute atomic E-state index is 0.0546. The fourth-order valence-electron chi connectivity index (χ4n) is 1.74. The van der Waals surface area contributed by atoms with Gasteiger partial charge in [-0.1, -0.05) is 26.2 Å². The molecule has 1 aromatic rings. The van der Waals surface area contributed by atoms with Crippen molar-refractivity contribution in [2.75, 3.05) is 12.3 Å². The Labute approximate surface area is 107 Å². The first-order valence-corrected chi connectivity index (χ1v) is 7.17. The van der Waals surface area contributed by atoms with E-state index >= 15 is 0 Å². The number of aryl methyl sites for hydroxylation is 1. The third-order valence-corrected chi connectivity index (χ3v) is 3.69. The molecule has 0 saturated carbocycles. The molecule has 0 fully saturated rings. The molecule has 0 unspecified atom stereocenters. The molecule has 4 heteroatoms. The van der Waals surface area contributed by atoms with Crippen LogP contribution in [-0.2, 0) is 6.42 Å². The standard InChI is InChI=1S/C13H22N2OS/c1-3-5-6-7-8-10-9-11(12(14)17-10)13(16)15-4-2/h9H,3-8,14H2,1-2H3,(H,15,16). The molecular weight excluding hydrogens is 232 g/mol. The van der Waals surface area contributed by atoms with E-state index in [1.165, 1.54) is 30.6 Å². The van der Waals surface area contributed by atoms with Gasteiger partial charge >= 0.3 is 0 Å². The lowest BCUT2D eigenvalue weighted by Crippen LogP contribution is -2.22. The van der Waals surface area contributed by atoms with E-state index in [9.17, 15) is 4.79 Å². The van der Waals surface area contributed by atoms with Crippen LogP contribution in [0.5, 0.6) is 0 Å². The van der Waals surface area contributed by atoms with E-state index in [-0.39, 0.29) is 5.91 Å². The molecule has 1 heterocycles. The predicted molar refractivity (Wildman–Crippen MR) is 74.6 cm³/mol. The van der Waals surface area contributed by atoms with Crippen LogP contribution in [0.3, 0.4) is 0 Å². The summed E-state index contributed by atoms with van der Waals surface area (Å²) in [5, 5.41) is 3.42. The first-order valence-electron chi connectivity index (χ1n) is 6.35. The summed E-state index contributed by atoms with van der Waals surface area (Å²) in [6.07, 6.45) is 6.00. The molecule has 1 rings (SSSR count). The van der Waals surface area contributed by atoms with Gasteiger partial charge in [0, 0.05) is 11.4 Å². The van der Waals surface area contributed by atoms with Crippen LogP contribution in [0.15, 0.2) is 6.07 Å². The van der Waals surface area contributed by atoms with Crippen molar-refractivity contribution in [2.45, 2.75) is 46.0 Å². The Balaban J connectivity index is 2.52. The molecule has 0 aliphatic rings. The van der Waals surface area contributed by atoms with Crippen molar-refractivity contribution < 1.29 is 4.79 Å². The molecule has 0 saturated heterocycles. The molecular formula is C13H22N2OS. The highest BCUT2D eigenvalue weighted by atomic mass is 32.1. The highest BCUT2D eigenvalue weighted by Gasteiger charge is 2.12. The lowest BCUT2D eigenvalue weighted by molar-refractivity contribution is 0.0957. The zero-order valence-electron chi connectivity index (χ0n) is 10.7. The third-order valence-electron chi connectivity index (χ3n) is 2.67. The average Bonchev–Trinajstić information content (AvgIpc) is 2.66. The van der Waals surface area contributed by atoms with Crippen LogP contribution in [0, 0.1) is 0 Å². The first-order chi connectivity index (χ1) is 8.19. The van der Waals surface area contributed by atoms with Crippen LogP contribution in [-0.4, -0.2) is 12.5 Å². The molecule has 0 bridgehead atoms. The summed E-state index contributed by atoms with van der Waals surface area (Å²) in [4.78, 5) is 12.9. The Morgan fingerprint density at radius 3 is 2.76 bits per heavy atom. The molecule has 0 aliphatic carbocycles. The van der Waals surface area contributed by atoms with Gasteiger partial charge in [-0.15, -0.1) is 11.3 Å². The van der Waals surface area contributed by atoms with E-state index in [0.717, 1.165) is 6.42 Å². The van der Waals surface area contributed by atoms with Gasteiger partial charge in [-0.05, 0) is 25.8 Å². The Kier molecular flexibility index (Phi) is 6.05. The zero-order chi connectivity index (χ0) is 12.7. The van der Waals surface area contributed by atoms with Gasteiger partial charge in [-0.3, -0.25) is 4.79 Å². The molecule has 96 valence electrons. The second-order valence-corrected chi connectivity index (χ2v) is 5.33. The number of unbranched alkanes of at least 4 members (excludes halogenated alkanes) is 3. The van der Waals surface area contributed by atoms with E-state index < -0.39 is 0 Å². The molecule has 0 aliphatic heterocycles. The highest BCUT2D eigenvalue weighted by molar-refractivity contribution is 7.16. The minimum atomic E-state index is -0.0546. The average molecular weight is 254 g/mol. The molecule has 17 heavy (non-hydrogen) atoms. The minimum Gasteiger partial charge on any atom is -0.390 e. The Morgan fingerprint density at radius 1 is 1.35 bits per heavy atom. The maximum absolute atomic E-state index is 11.7. The molecule has 1 aromatic heterocycles. The van der Waals surface area contributed by atoms with Crippen molar-refractivity contribution in [3.8, 4) is 0 Å². The van der Waals surface area contributed by atoms with Gasteiger partial charge in [0.25, 0.3) is 5.91 Å². The molecule has 0 radical (unpaired) electrons. The smallest absolute Gasteiger partial charge is 0.254 e. The number of thiophene rings is 1. The number of rotatable bonds is 7. The SMILES string of the molecule is CCCCCCc1cc(C(=O)NCC)c(N)s1. The number of hydrogen-bond donors (Lipinski definition) is 2. The number of carbonyl (C=O) groups is 1. The molecule has 0 aromatic carbocycles. The molecule has 0 spiro atoms. The lowest BCUT2D eigenvalue weighted by Gasteiger charge is -1.99. The normalized spacial score (nSPS) is 10.5. The van der Waals surface area contributed by atoms with Gasteiger partial charge in [0.05, 0.1) is 10.6 Å². The van der Waals surface area contributed by atoms with Crippen molar-refractivity contribution in [1.29, 1.82) is 0 Å². The fourth-order valence-corrected chi connectivity index (χ4v) is 2.71.